The van der Waals surface area contributed by atoms with Crippen LogP contribution in [0.1, 0.15) is 38.9 Å². The molecule has 0 unspecified atom stereocenters. The molecule has 6 heterocycles. The van der Waals surface area contributed by atoms with Gasteiger partial charge >= 0.3 is 0 Å². The maximum Gasteiger partial charge on any atom is 0.260 e. The van der Waals surface area contributed by atoms with E-state index in [4.69, 9.17) is 18.9 Å². The lowest BCUT2D eigenvalue weighted by molar-refractivity contribution is 0.464. The molecule has 0 bridgehead atoms. The van der Waals surface area contributed by atoms with Crippen LogP contribution in [0.2, 0.25) is 0 Å². The summed E-state index contributed by atoms with van der Waals surface area (Å²) in [6.07, 6.45) is 0. The zero-order valence-electron chi connectivity index (χ0n) is 46.7. The number of fused-ring (bicyclic) bond motifs is 12. The molecule has 6 aliphatic rings. The van der Waals surface area contributed by atoms with Gasteiger partial charge in [-0.05, 0) is 215 Å². The molecule has 0 fully saturated rings. The smallest absolute Gasteiger partial charge is 0.260 e. The Labute approximate surface area is 479 Å². The van der Waals surface area contributed by atoms with Crippen LogP contribution in [0.15, 0.2) is 194 Å². The zero-order valence-corrected chi connectivity index (χ0v) is 46.7. The number of aryl methyl sites for hydroxylation is 7. The molecule has 0 aromatic heterocycles. The van der Waals surface area contributed by atoms with Gasteiger partial charge in [0.25, 0.3) is 20.1 Å². The molecule has 0 saturated heterocycles. The molecule has 388 valence electrons. The number of benzene rings is 11. The van der Waals surface area contributed by atoms with E-state index in [2.05, 4.69) is 252 Å². The van der Waals surface area contributed by atoms with Crippen LogP contribution >= 0.6 is 0 Å². The van der Waals surface area contributed by atoms with Crippen LogP contribution in [0.5, 0.6) is 46.0 Å². The van der Waals surface area contributed by atoms with Crippen molar-refractivity contribution in [2.75, 3.05) is 9.80 Å². The van der Waals surface area contributed by atoms with Crippen molar-refractivity contribution >= 4 is 103 Å². The molecular formula is C73H53B3N2O4. The number of rotatable bonds is 4. The number of para-hydroxylation sites is 4. The van der Waals surface area contributed by atoms with Crippen LogP contribution in [0.3, 0.4) is 0 Å². The Morgan fingerprint density at radius 2 is 0.622 bits per heavy atom. The van der Waals surface area contributed by atoms with E-state index < -0.39 is 0 Å². The summed E-state index contributed by atoms with van der Waals surface area (Å²) in [7, 11) is 0. The van der Waals surface area contributed by atoms with E-state index in [9.17, 15) is 0 Å². The maximum absolute atomic E-state index is 7.33. The van der Waals surface area contributed by atoms with Crippen LogP contribution in [-0.2, 0) is 0 Å². The normalized spacial score (nSPS) is 13.8. The van der Waals surface area contributed by atoms with Crippen molar-refractivity contribution in [2.45, 2.75) is 48.5 Å². The van der Waals surface area contributed by atoms with E-state index in [0.29, 0.717) is 0 Å². The second-order valence-corrected chi connectivity index (χ2v) is 23.6. The first-order valence-corrected chi connectivity index (χ1v) is 28.6. The first-order valence-electron chi connectivity index (χ1n) is 28.6. The van der Waals surface area contributed by atoms with Gasteiger partial charge in [0, 0.05) is 51.7 Å². The monoisotopic (exact) mass is 1050 g/mol. The Kier molecular flexibility index (Phi) is 9.92. The molecule has 0 amide bonds. The highest BCUT2D eigenvalue weighted by molar-refractivity contribution is 7.03. The van der Waals surface area contributed by atoms with E-state index in [1.54, 1.807) is 0 Å². The molecule has 17 rings (SSSR count). The predicted octanol–water partition coefficient (Wildman–Crippen LogP) is 12.7. The van der Waals surface area contributed by atoms with Gasteiger partial charge in [-0.1, -0.05) is 120 Å². The molecule has 0 N–H and O–H groups in total. The Balaban J connectivity index is 0.919. The van der Waals surface area contributed by atoms with Crippen LogP contribution in [-0.4, -0.2) is 20.1 Å². The minimum absolute atomic E-state index is 0.142. The van der Waals surface area contributed by atoms with Crippen LogP contribution in [0, 0.1) is 48.5 Å². The summed E-state index contributed by atoms with van der Waals surface area (Å²) in [5, 5.41) is 0. The Morgan fingerprint density at radius 1 is 0.268 bits per heavy atom. The van der Waals surface area contributed by atoms with Crippen molar-refractivity contribution < 1.29 is 18.9 Å². The van der Waals surface area contributed by atoms with E-state index in [1.165, 1.54) is 55.4 Å². The fraction of sp³-hybridized carbons (Fsp3) is 0.0959. The van der Waals surface area contributed by atoms with Crippen LogP contribution < -0.4 is 77.9 Å². The molecule has 0 spiro atoms. The first-order chi connectivity index (χ1) is 40.0. The summed E-state index contributed by atoms with van der Waals surface area (Å²) in [6, 6.07) is 71.3. The van der Waals surface area contributed by atoms with E-state index in [0.717, 1.165) is 135 Å². The largest absolute Gasteiger partial charge is 0.458 e. The van der Waals surface area contributed by atoms with E-state index >= 15 is 0 Å². The Bertz CT molecular complexity index is 4320. The first kappa shape index (κ1) is 47.2. The van der Waals surface area contributed by atoms with Gasteiger partial charge in [-0.3, -0.25) is 0 Å². The third-order valence-electron chi connectivity index (χ3n) is 18.2. The molecule has 0 atom stereocenters. The number of ether oxygens (including phenoxy) is 4. The van der Waals surface area contributed by atoms with E-state index in [1.807, 2.05) is 0 Å². The number of nitrogens with zero attached hydrogens (tertiary/aromatic N) is 2. The standard InChI is InChI=1S/C73H53B3N2O4/c1-40-26-43(4)69(44(5)27-40)47-32-59-71-67(34-47)79-61-24-16-14-22-51(61)74(71)53-36-55-63(38-57(53)77(59)49-18-10-8-11-19-49)81-65-30-42(3)31-66-73(65)76(55)56-37-54-58(39-64(56)82-66)78(50-20-12-9-13-21-50)60-33-48(70-45(6)28-41(2)29-46(70)7)35-68-72(60)75(54)52-23-15-17-25-62(52)80-68/h8-39H,1-7H3. The summed E-state index contributed by atoms with van der Waals surface area (Å²) in [4.78, 5) is 4.89. The average molecular weight is 1050 g/mol. The van der Waals surface area contributed by atoms with Gasteiger partial charge in [0.05, 0.1) is 0 Å². The Morgan fingerprint density at radius 3 is 1.05 bits per heavy atom. The van der Waals surface area contributed by atoms with Gasteiger partial charge < -0.3 is 28.7 Å². The molecule has 0 radical (unpaired) electrons. The van der Waals surface area contributed by atoms with Crippen molar-refractivity contribution in [3.63, 3.8) is 0 Å². The fourth-order valence-corrected chi connectivity index (χ4v) is 15.3. The fourth-order valence-electron chi connectivity index (χ4n) is 15.3. The van der Waals surface area contributed by atoms with Gasteiger partial charge in [0.15, 0.2) is 0 Å². The highest BCUT2D eigenvalue weighted by atomic mass is 16.5. The third-order valence-corrected chi connectivity index (χ3v) is 18.2. The average Bonchev–Trinajstić information content (AvgIpc) is 1.29. The SMILES string of the molecule is Cc1cc(C)c(-c2cc3c4c(c2)N(c2ccccc2)c2cc5c(cc2B4c2ccccc2O3)B2c3cc4c(cc3Oc3cc(C)cc(c32)O5)N(c2ccccc2)c2cc(-c3c(C)cc(C)cc3C)cc3c2B4c2ccccc2O3)c(C)c1. The third kappa shape index (κ3) is 6.74. The molecule has 11 aromatic rings. The molecule has 6 nitrogen and oxygen atoms in total. The van der Waals surface area contributed by atoms with Gasteiger partial charge in [-0.25, -0.2) is 0 Å². The molecule has 0 aliphatic carbocycles. The van der Waals surface area contributed by atoms with Crippen molar-refractivity contribution in [2.24, 2.45) is 0 Å². The van der Waals surface area contributed by atoms with Crippen LogP contribution in [0.4, 0.5) is 34.1 Å². The van der Waals surface area contributed by atoms with Gasteiger partial charge in [0.1, 0.15) is 46.0 Å². The molecule has 0 saturated carbocycles. The van der Waals surface area contributed by atoms with Crippen molar-refractivity contribution in [3.8, 4) is 68.2 Å². The van der Waals surface area contributed by atoms with Gasteiger partial charge in [-0.15, -0.1) is 0 Å². The lowest BCUT2D eigenvalue weighted by Crippen LogP contribution is -2.64. The molecular weight excluding hydrogens is 1000 g/mol. The summed E-state index contributed by atoms with van der Waals surface area (Å²) < 4.78 is 28.9. The maximum atomic E-state index is 7.33. The molecule has 11 aromatic carbocycles. The quantitative estimate of drug-likeness (QED) is 0.164. The summed E-state index contributed by atoms with van der Waals surface area (Å²) in [5.41, 5.74) is 29.9. The number of hydrogen-bond donors (Lipinski definition) is 0. The predicted molar refractivity (Wildman–Crippen MR) is 340 cm³/mol. The number of anilines is 6. The Hall–Kier alpha value is -9.59. The lowest BCUT2D eigenvalue weighted by atomic mass is 9.30. The molecule has 82 heavy (non-hydrogen) atoms. The second kappa shape index (κ2) is 17.2. The summed E-state index contributed by atoms with van der Waals surface area (Å²) in [6.45, 7) is 14.9. The number of hydrogen-bond acceptors (Lipinski definition) is 6. The van der Waals surface area contributed by atoms with E-state index in [-0.39, 0.29) is 20.1 Å². The molecule has 6 aliphatic heterocycles. The minimum atomic E-state index is -0.235. The molecule has 9 heteroatoms. The highest BCUT2D eigenvalue weighted by Crippen LogP contribution is 2.49. The zero-order chi connectivity index (χ0) is 55.0. The lowest BCUT2D eigenvalue weighted by Gasteiger charge is -2.43. The van der Waals surface area contributed by atoms with Crippen molar-refractivity contribution in [1.29, 1.82) is 0 Å². The minimum Gasteiger partial charge on any atom is -0.458 e. The summed E-state index contributed by atoms with van der Waals surface area (Å²) in [5.74, 6) is 6.77. The van der Waals surface area contributed by atoms with Crippen LogP contribution in [0.25, 0.3) is 22.3 Å². The summed E-state index contributed by atoms with van der Waals surface area (Å²) >= 11 is 0. The van der Waals surface area contributed by atoms with Crippen molar-refractivity contribution in [3.05, 3.63) is 233 Å². The highest BCUT2D eigenvalue weighted by Gasteiger charge is 2.49. The van der Waals surface area contributed by atoms with Gasteiger partial charge in [0.2, 0.25) is 0 Å². The van der Waals surface area contributed by atoms with Gasteiger partial charge in [-0.2, -0.15) is 0 Å². The topological polar surface area (TPSA) is 43.4 Å². The second-order valence-electron chi connectivity index (χ2n) is 23.6. The van der Waals surface area contributed by atoms with Crippen molar-refractivity contribution in [1.82, 2.24) is 0 Å².